The van der Waals surface area contributed by atoms with Crippen molar-refractivity contribution in [2.45, 2.75) is 70.3 Å². The van der Waals surface area contributed by atoms with Gasteiger partial charge >= 0.3 is 5.97 Å². The summed E-state index contributed by atoms with van der Waals surface area (Å²) in [5.74, 6) is 0.782. The number of halogens is 2. The van der Waals surface area contributed by atoms with Crippen LogP contribution < -0.4 is 0 Å². The molecule has 0 amide bonds. The molecule has 3 aromatic rings. The molecule has 6 nitrogen and oxygen atoms in total. The first kappa shape index (κ1) is 25.8. The largest absolute Gasteiger partial charge is 0.507 e. The van der Waals surface area contributed by atoms with Gasteiger partial charge in [-0.3, -0.25) is 4.79 Å². The van der Waals surface area contributed by atoms with Gasteiger partial charge in [-0.1, -0.05) is 57.5 Å². The third-order valence-electron chi connectivity index (χ3n) is 6.67. The highest BCUT2D eigenvalue weighted by Crippen LogP contribution is 2.44. The van der Waals surface area contributed by atoms with Gasteiger partial charge in [0.1, 0.15) is 23.0 Å². The molecule has 1 fully saturated rings. The van der Waals surface area contributed by atoms with Crippen molar-refractivity contribution >= 4 is 37.8 Å². The molecule has 2 aromatic carbocycles. The van der Waals surface area contributed by atoms with E-state index < -0.39 is 5.97 Å². The quantitative estimate of drug-likeness (QED) is 0.216. The van der Waals surface area contributed by atoms with Crippen LogP contribution in [0.2, 0.25) is 0 Å². The van der Waals surface area contributed by atoms with Crippen LogP contribution in [0, 0.1) is 0 Å². The molecule has 3 N–H and O–H groups in total. The standard InChI is InChI=1S/C27H30Br2N2O4/c28-18-10-12-20(22(32)15-18)25-26(21-13-11-19(29)16-23(21)33)31(14-6-2-5-9-24(34)35)27(30-25)17-7-3-1-4-8-17/h10-13,15-17,32-33H,1-9,14H2,(H,34,35). The van der Waals surface area contributed by atoms with Crippen LogP contribution in [-0.2, 0) is 11.3 Å². The van der Waals surface area contributed by atoms with Gasteiger partial charge in [0.15, 0.2) is 0 Å². The summed E-state index contributed by atoms with van der Waals surface area (Å²) in [6.45, 7) is 0.667. The van der Waals surface area contributed by atoms with E-state index in [-0.39, 0.29) is 17.9 Å². The average Bonchev–Trinajstić information content (AvgIpc) is 3.18. The monoisotopic (exact) mass is 604 g/mol. The minimum absolute atomic E-state index is 0.124. The Morgan fingerprint density at radius 2 is 1.54 bits per heavy atom. The predicted octanol–water partition coefficient (Wildman–Crippen LogP) is 7.85. The molecule has 1 heterocycles. The van der Waals surface area contributed by atoms with E-state index >= 15 is 0 Å². The first-order valence-electron chi connectivity index (χ1n) is 12.1. The van der Waals surface area contributed by atoms with Gasteiger partial charge in [-0.15, -0.1) is 0 Å². The van der Waals surface area contributed by atoms with Crippen molar-refractivity contribution in [3.05, 3.63) is 51.2 Å². The van der Waals surface area contributed by atoms with Gasteiger partial charge < -0.3 is 19.9 Å². The highest BCUT2D eigenvalue weighted by Gasteiger charge is 2.28. The molecular formula is C27H30Br2N2O4. The molecule has 0 radical (unpaired) electrons. The van der Waals surface area contributed by atoms with Gasteiger partial charge in [-0.25, -0.2) is 4.98 Å². The Morgan fingerprint density at radius 3 is 2.14 bits per heavy atom. The fourth-order valence-corrected chi connectivity index (χ4v) is 5.66. The molecular weight excluding hydrogens is 576 g/mol. The van der Waals surface area contributed by atoms with Crippen molar-refractivity contribution < 1.29 is 20.1 Å². The lowest BCUT2D eigenvalue weighted by Crippen LogP contribution is -2.13. The second-order valence-electron chi connectivity index (χ2n) is 9.18. The summed E-state index contributed by atoms with van der Waals surface area (Å²) >= 11 is 6.85. The smallest absolute Gasteiger partial charge is 0.303 e. The molecule has 0 unspecified atom stereocenters. The fraction of sp³-hybridized carbons (Fsp3) is 0.407. The van der Waals surface area contributed by atoms with E-state index in [0.29, 0.717) is 35.7 Å². The first-order valence-corrected chi connectivity index (χ1v) is 13.7. The molecule has 0 spiro atoms. The maximum absolute atomic E-state index is 10.9. The Morgan fingerprint density at radius 1 is 0.914 bits per heavy atom. The fourth-order valence-electron chi connectivity index (χ4n) is 4.96. The molecule has 1 aliphatic carbocycles. The Hall–Kier alpha value is -2.32. The number of aromatic hydroxyl groups is 2. The molecule has 0 saturated heterocycles. The number of aliphatic carboxylic acids is 1. The zero-order valence-corrected chi connectivity index (χ0v) is 22.7. The summed E-state index contributed by atoms with van der Waals surface area (Å²) in [6.07, 6.45) is 8.06. The van der Waals surface area contributed by atoms with Crippen molar-refractivity contribution in [1.82, 2.24) is 9.55 Å². The number of carboxylic acid groups (broad SMARTS) is 1. The van der Waals surface area contributed by atoms with Crippen molar-refractivity contribution in [3.8, 4) is 34.0 Å². The maximum atomic E-state index is 10.9. The highest BCUT2D eigenvalue weighted by molar-refractivity contribution is 9.10. The van der Waals surface area contributed by atoms with Crippen molar-refractivity contribution in [1.29, 1.82) is 0 Å². The van der Waals surface area contributed by atoms with E-state index in [4.69, 9.17) is 10.1 Å². The van der Waals surface area contributed by atoms with Crippen LogP contribution in [0.1, 0.15) is 69.5 Å². The normalized spacial score (nSPS) is 14.3. The molecule has 8 heteroatoms. The van der Waals surface area contributed by atoms with Crippen LogP contribution in [0.4, 0.5) is 0 Å². The molecule has 0 atom stereocenters. The van der Waals surface area contributed by atoms with E-state index in [1.807, 2.05) is 24.3 Å². The third kappa shape index (κ3) is 6.09. The number of imidazole rings is 1. The van der Waals surface area contributed by atoms with Gasteiger partial charge in [0.25, 0.3) is 0 Å². The molecule has 35 heavy (non-hydrogen) atoms. The number of nitrogens with zero attached hydrogens (tertiary/aromatic N) is 2. The van der Waals surface area contributed by atoms with Crippen LogP contribution in [0.5, 0.6) is 11.5 Å². The number of hydrogen-bond donors (Lipinski definition) is 3. The van der Waals surface area contributed by atoms with E-state index in [9.17, 15) is 15.0 Å². The number of carboxylic acids is 1. The third-order valence-corrected chi connectivity index (χ3v) is 7.66. The second kappa shape index (κ2) is 11.6. The summed E-state index contributed by atoms with van der Waals surface area (Å²) in [5.41, 5.74) is 2.71. The SMILES string of the molecule is O=C(O)CCCCCn1c(C2CCCCC2)nc(-c2ccc(Br)cc2O)c1-c1ccc(Br)cc1O. The minimum Gasteiger partial charge on any atom is -0.507 e. The number of rotatable bonds is 9. The Balaban J connectivity index is 1.85. The lowest BCUT2D eigenvalue weighted by molar-refractivity contribution is -0.137. The van der Waals surface area contributed by atoms with E-state index in [1.54, 1.807) is 12.1 Å². The van der Waals surface area contributed by atoms with Crippen molar-refractivity contribution in [2.75, 3.05) is 0 Å². The molecule has 1 saturated carbocycles. The lowest BCUT2D eigenvalue weighted by Gasteiger charge is -2.23. The highest BCUT2D eigenvalue weighted by atomic mass is 79.9. The predicted molar refractivity (Wildman–Crippen MR) is 144 cm³/mol. The van der Waals surface area contributed by atoms with Crippen LogP contribution in [0.25, 0.3) is 22.5 Å². The number of carbonyl (C=O) groups is 1. The maximum Gasteiger partial charge on any atom is 0.303 e. The van der Waals surface area contributed by atoms with E-state index in [1.165, 1.54) is 6.42 Å². The van der Waals surface area contributed by atoms with Crippen LogP contribution >= 0.6 is 31.9 Å². The Kier molecular flexibility index (Phi) is 8.55. The van der Waals surface area contributed by atoms with Crippen LogP contribution in [0.3, 0.4) is 0 Å². The van der Waals surface area contributed by atoms with E-state index in [2.05, 4.69) is 36.4 Å². The average molecular weight is 606 g/mol. The number of phenols is 2. The molecule has 1 aliphatic rings. The molecule has 0 bridgehead atoms. The zero-order chi connectivity index (χ0) is 24.9. The second-order valence-corrected chi connectivity index (χ2v) is 11.0. The Bertz CT molecular complexity index is 1200. The zero-order valence-electron chi connectivity index (χ0n) is 19.5. The summed E-state index contributed by atoms with van der Waals surface area (Å²) in [7, 11) is 0. The van der Waals surface area contributed by atoms with Crippen LogP contribution in [0.15, 0.2) is 45.3 Å². The molecule has 4 rings (SSSR count). The Labute approximate surface area is 222 Å². The summed E-state index contributed by atoms with van der Waals surface area (Å²) in [6, 6.07) is 10.8. The molecule has 1 aromatic heterocycles. The van der Waals surface area contributed by atoms with Crippen molar-refractivity contribution in [2.24, 2.45) is 0 Å². The number of hydrogen-bond acceptors (Lipinski definition) is 4. The molecule has 186 valence electrons. The number of aromatic nitrogens is 2. The lowest BCUT2D eigenvalue weighted by atomic mass is 9.88. The van der Waals surface area contributed by atoms with Gasteiger partial charge in [-0.05, 0) is 62.1 Å². The number of unbranched alkanes of at least 4 members (excludes halogenated alkanes) is 2. The number of phenolic OH excluding ortho intramolecular Hbond substituents is 2. The topological polar surface area (TPSA) is 95.6 Å². The number of benzene rings is 2. The summed E-state index contributed by atoms with van der Waals surface area (Å²) < 4.78 is 3.76. The summed E-state index contributed by atoms with van der Waals surface area (Å²) in [4.78, 5) is 16.1. The van der Waals surface area contributed by atoms with Gasteiger partial charge in [0, 0.05) is 39.0 Å². The van der Waals surface area contributed by atoms with Gasteiger partial charge in [0.2, 0.25) is 0 Å². The van der Waals surface area contributed by atoms with Crippen LogP contribution in [-0.4, -0.2) is 30.8 Å². The van der Waals surface area contributed by atoms with Gasteiger partial charge in [0.05, 0.1) is 5.69 Å². The minimum atomic E-state index is -0.774. The van der Waals surface area contributed by atoms with Crippen molar-refractivity contribution in [3.63, 3.8) is 0 Å². The first-order chi connectivity index (χ1) is 16.8. The summed E-state index contributed by atoms with van der Waals surface area (Å²) in [5, 5.41) is 30.8. The molecule has 0 aliphatic heterocycles. The van der Waals surface area contributed by atoms with Gasteiger partial charge in [-0.2, -0.15) is 0 Å². The van der Waals surface area contributed by atoms with E-state index in [0.717, 1.165) is 59.0 Å².